The zero-order valence-corrected chi connectivity index (χ0v) is 14.5. The monoisotopic (exact) mass is 353 g/mol. The Hall–Kier alpha value is -1.51. The molecule has 1 amide bonds. The summed E-state index contributed by atoms with van der Waals surface area (Å²) in [5.41, 5.74) is 1.12. The molecule has 0 bridgehead atoms. The third-order valence-electron chi connectivity index (χ3n) is 4.74. The minimum absolute atomic E-state index is 0.107. The second-order valence-electron chi connectivity index (χ2n) is 6.47. The molecule has 2 aliphatic heterocycles. The van der Waals surface area contributed by atoms with E-state index in [1.54, 1.807) is 12.4 Å². The number of piperidine rings is 1. The van der Waals surface area contributed by atoms with Crippen LogP contribution in [0.15, 0.2) is 24.5 Å². The van der Waals surface area contributed by atoms with Crippen molar-refractivity contribution in [1.29, 1.82) is 0 Å². The van der Waals surface area contributed by atoms with E-state index in [1.165, 1.54) is 10.6 Å². The Bertz CT molecular complexity index is 680. The van der Waals surface area contributed by atoms with E-state index in [1.807, 2.05) is 12.1 Å². The third kappa shape index (κ3) is 4.12. The summed E-state index contributed by atoms with van der Waals surface area (Å²) < 4.78 is 30.6. The van der Waals surface area contributed by atoms with Crippen LogP contribution >= 0.6 is 0 Å². The average molecular weight is 353 g/mol. The number of carbonyl (C=O) groups is 1. The molecule has 1 aromatic heterocycles. The highest BCUT2D eigenvalue weighted by Gasteiger charge is 2.43. The van der Waals surface area contributed by atoms with Gasteiger partial charge in [0.2, 0.25) is 15.9 Å². The van der Waals surface area contributed by atoms with Crippen molar-refractivity contribution in [3.05, 3.63) is 30.1 Å². The van der Waals surface area contributed by atoms with Crippen molar-refractivity contribution in [2.24, 2.45) is 5.92 Å². The van der Waals surface area contributed by atoms with Gasteiger partial charge in [-0.15, -0.1) is 0 Å². The van der Waals surface area contributed by atoms with Gasteiger partial charge in [-0.05, 0) is 42.9 Å². The summed E-state index contributed by atoms with van der Waals surface area (Å²) in [4.78, 5) is 16.2. The lowest BCUT2D eigenvalue weighted by Gasteiger charge is -2.32. The maximum absolute atomic E-state index is 12.3. The number of fused-ring (bicyclic) bond motifs is 1. The normalized spacial score (nSPS) is 27.6. The van der Waals surface area contributed by atoms with Crippen LogP contribution in [0.2, 0.25) is 0 Å². The number of nitrogens with one attached hydrogen (secondary N) is 1. The molecule has 3 heterocycles. The highest BCUT2D eigenvalue weighted by molar-refractivity contribution is 7.88. The number of rotatable bonds is 5. The average Bonchev–Trinajstić information content (AvgIpc) is 2.98. The minimum Gasteiger partial charge on any atom is -0.363 e. The Balaban J connectivity index is 1.48. The first-order valence-corrected chi connectivity index (χ1v) is 10.1. The molecule has 3 rings (SSSR count). The molecular weight excluding hydrogens is 330 g/mol. The number of hydrogen-bond donors (Lipinski definition) is 1. The number of carbonyl (C=O) groups excluding carboxylic acids is 1. The fourth-order valence-corrected chi connectivity index (χ4v) is 4.22. The van der Waals surface area contributed by atoms with E-state index in [0.29, 0.717) is 26.1 Å². The van der Waals surface area contributed by atoms with Crippen LogP contribution in [0.25, 0.3) is 0 Å². The number of ether oxygens (including phenoxy) is 1. The number of pyridine rings is 1. The zero-order chi connectivity index (χ0) is 17.2. The van der Waals surface area contributed by atoms with Gasteiger partial charge in [0.25, 0.3) is 0 Å². The molecule has 132 valence electrons. The molecule has 7 nitrogen and oxygen atoms in total. The Kier molecular flexibility index (Phi) is 5.17. The van der Waals surface area contributed by atoms with Gasteiger partial charge in [-0.1, -0.05) is 0 Å². The van der Waals surface area contributed by atoms with E-state index >= 15 is 0 Å². The van der Waals surface area contributed by atoms with Crippen molar-refractivity contribution in [1.82, 2.24) is 14.6 Å². The van der Waals surface area contributed by atoms with Crippen molar-refractivity contribution in [2.45, 2.75) is 31.5 Å². The number of amides is 1. The van der Waals surface area contributed by atoms with E-state index in [4.69, 9.17) is 4.74 Å². The van der Waals surface area contributed by atoms with Crippen LogP contribution in [-0.4, -0.2) is 61.7 Å². The second kappa shape index (κ2) is 7.16. The first-order valence-electron chi connectivity index (χ1n) is 8.20. The van der Waals surface area contributed by atoms with Gasteiger partial charge in [0.1, 0.15) is 6.10 Å². The van der Waals surface area contributed by atoms with E-state index in [-0.39, 0.29) is 17.9 Å². The fourth-order valence-electron chi connectivity index (χ4n) is 3.37. The molecule has 2 aliphatic rings. The summed E-state index contributed by atoms with van der Waals surface area (Å²) in [5, 5.41) is 2.91. The summed E-state index contributed by atoms with van der Waals surface area (Å²) in [6.45, 7) is 1.41. The molecule has 3 atom stereocenters. The van der Waals surface area contributed by atoms with Gasteiger partial charge >= 0.3 is 0 Å². The minimum atomic E-state index is -3.20. The van der Waals surface area contributed by atoms with Crippen LogP contribution < -0.4 is 5.32 Å². The molecule has 0 unspecified atom stereocenters. The molecule has 0 spiro atoms. The molecule has 1 aromatic rings. The Labute approximate surface area is 142 Å². The highest BCUT2D eigenvalue weighted by atomic mass is 32.2. The summed E-state index contributed by atoms with van der Waals surface area (Å²) in [6, 6.07) is 3.85. The maximum atomic E-state index is 12.3. The summed E-state index contributed by atoms with van der Waals surface area (Å²) >= 11 is 0. The van der Waals surface area contributed by atoms with Gasteiger partial charge in [-0.3, -0.25) is 9.78 Å². The molecule has 2 fully saturated rings. The number of sulfonamides is 1. The van der Waals surface area contributed by atoms with Crippen LogP contribution in [0.4, 0.5) is 0 Å². The summed E-state index contributed by atoms with van der Waals surface area (Å²) in [6.07, 6.45) is 6.19. The van der Waals surface area contributed by atoms with Crippen LogP contribution in [0.1, 0.15) is 18.4 Å². The predicted octanol–water partition coefficient (Wildman–Crippen LogP) is 0.179. The Morgan fingerprint density at radius 3 is 2.88 bits per heavy atom. The van der Waals surface area contributed by atoms with Crippen LogP contribution in [0.3, 0.4) is 0 Å². The second-order valence-corrected chi connectivity index (χ2v) is 8.45. The molecule has 1 N–H and O–H groups in total. The summed E-state index contributed by atoms with van der Waals surface area (Å²) in [7, 11) is -3.20. The standard InChI is InChI=1S/C16H23N3O4S/c1-24(21,22)19-9-5-13-10-14(23-15(13)11-19)16(20)18-8-4-12-2-6-17-7-3-12/h2-3,6-7,13-15H,4-5,8-11H2,1H3,(H,18,20)/t13-,14+,15+/m1/s1. The van der Waals surface area contributed by atoms with Crippen LogP contribution in [0, 0.1) is 5.92 Å². The maximum Gasteiger partial charge on any atom is 0.249 e. The Morgan fingerprint density at radius 2 is 2.17 bits per heavy atom. The Morgan fingerprint density at radius 1 is 1.42 bits per heavy atom. The lowest BCUT2D eigenvalue weighted by atomic mass is 9.93. The molecule has 0 aliphatic carbocycles. The van der Waals surface area contributed by atoms with Gasteiger partial charge in [0.05, 0.1) is 12.4 Å². The van der Waals surface area contributed by atoms with Crippen molar-refractivity contribution < 1.29 is 17.9 Å². The van der Waals surface area contributed by atoms with E-state index in [2.05, 4.69) is 10.3 Å². The molecule has 0 aromatic carbocycles. The van der Waals surface area contributed by atoms with Gasteiger partial charge in [0, 0.05) is 32.0 Å². The van der Waals surface area contributed by atoms with E-state index in [0.717, 1.165) is 18.4 Å². The van der Waals surface area contributed by atoms with E-state index < -0.39 is 16.1 Å². The molecular formula is C16H23N3O4S. The molecule has 8 heteroatoms. The van der Waals surface area contributed by atoms with Gasteiger partial charge in [-0.2, -0.15) is 4.31 Å². The quantitative estimate of drug-likeness (QED) is 0.816. The zero-order valence-electron chi connectivity index (χ0n) is 13.7. The largest absolute Gasteiger partial charge is 0.363 e. The predicted molar refractivity (Wildman–Crippen MR) is 88.8 cm³/mol. The highest BCUT2D eigenvalue weighted by Crippen LogP contribution is 2.33. The van der Waals surface area contributed by atoms with Crippen molar-refractivity contribution in [3.63, 3.8) is 0 Å². The molecule has 0 radical (unpaired) electrons. The lowest BCUT2D eigenvalue weighted by molar-refractivity contribution is -0.132. The molecule has 24 heavy (non-hydrogen) atoms. The topological polar surface area (TPSA) is 88.6 Å². The lowest BCUT2D eigenvalue weighted by Crippen LogP contribution is -2.45. The third-order valence-corrected chi connectivity index (χ3v) is 6.01. The van der Waals surface area contributed by atoms with E-state index in [9.17, 15) is 13.2 Å². The first kappa shape index (κ1) is 17.3. The van der Waals surface area contributed by atoms with Gasteiger partial charge < -0.3 is 10.1 Å². The van der Waals surface area contributed by atoms with Gasteiger partial charge in [-0.25, -0.2) is 8.42 Å². The van der Waals surface area contributed by atoms with Crippen LogP contribution in [-0.2, 0) is 26.0 Å². The molecule has 2 saturated heterocycles. The SMILES string of the molecule is CS(=O)(=O)N1CC[C@@H]2C[C@@H](C(=O)NCCc3ccncc3)O[C@H]2C1. The van der Waals surface area contributed by atoms with Crippen molar-refractivity contribution in [3.8, 4) is 0 Å². The van der Waals surface area contributed by atoms with Gasteiger partial charge in [0.15, 0.2) is 0 Å². The van der Waals surface area contributed by atoms with Crippen molar-refractivity contribution in [2.75, 3.05) is 25.9 Å². The number of aromatic nitrogens is 1. The smallest absolute Gasteiger partial charge is 0.249 e. The van der Waals surface area contributed by atoms with Crippen molar-refractivity contribution >= 4 is 15.9 Å². The number of nitrogens with zero attached hydrogens (tertiary/aromatic N) is 2. The fraction of sp³-hybridized carbons (Fsp3) is 0.625. The number of hydrogen-bond acceptors (Lipinski definition) is 5. The molecule has 0 saturated carbocycles. The first-order chi connectivity index (χ1) is 11.4. The van der Waals surface area contributed by atoms with Crippen LogP contribution in [0.5, 0.6) is 0 Å². The summed E-state index contributed by atoms with van der Waals surface area (Å²) in [5.74, 6) is 0.156.